The molecule has 0 unspecified atom stereocenters. The standard InChI is InChI=1S/C26H31N3O5/c1-17(2)18-8-10-19(11-9-18)27-26(32)22-16-29(14-6-4-5-7-24(30)28-33)23-13-12-20(34-3)15-21(23)25(22)31/h8-13,15-17,33H,4-7,14H2,1-3H3,(H,27,32)(H,28,30). The van der Waals surface area contributed by atoms with E-state index in [1.807, 2.05) is 28.8 Å². The first-order chi connectivity index (χ1) is 16.3. The normalized spacial score (nSPS) is 11.0. The Bertz CT molecular complexity index is 1220. The Labute approximate surface area is 198 Å². The first-order valence-corrected chi connectivity index (χ1v) is 11.4. The van der Waals surface area contributed by atoms with Crippen LogP contribution in [0.2, 0.25) is 0 Å². The minimum atomic E-state index is -0.472. The lowest BCUT2D eigenvalue weighted by Crippen LogP contribution is -2.24. The Hall–Kier alpha value is -3.65. The maximum Gasteiger partial charge on any atom is 0.261 e. The van der Waals surface area contributed by atoms with Crippen molar-refractivity contribution in [2.24, 2.45) is 0 Å². The van der Waals surface area contributed by atoms with E-state index in [-0.39, 0.29) is 17.4 Å². The maximum absolute atomic E-state index is 13.2. The molecule has 3 rings (SSSR count). The molecule has 0 aliphatic carbocycles. The summed E-state index contributed by atoms with van der Waals surface area (Å²) < 4.78 is 7.17. The van der Waals surface area contributed by atoms with Crippen molar-refractivity contribution >= 4 is 28.4 Å². The molecule has 2 aromatic carbocycles. The van der Waals surface area contributed by atoms with Crippen LogP contribution in [0.5, 0.6) is 5.75 Å². The Morgan fingerprint density at radius 1 is 1.06 bits per heavy atom. The summed E-state index contributed by atoms with van der Waals surface area (Å²) in [4.78, 5) is 37.5. The van der Waals surface area contributed by atoms with Gasteiger partial charge in [-0.2, -0.15) is 0 Å². The van der Waals surface area contributed by atoms with Crippen LogP contribution in [-0.2, 0) is 11.3 Å². The molecule has 0 spiro atoms. The molecule has 34 heavy (non-hydrogen) atoms. The summed E-state index contributed by atoms with van der Waals surface area (Å²) in [7, 11) is 1.53. The number of nitrogens with zero attached hydrogens (tertiary/aromatic N) is 1. The highest BCUT2D eigenvalue weighted by Crippen LogP contribution is 2.21. The van der Waals surface area contributed by atoms with Crippen LogP contribution < -0.4 is 21.0 Å². The summed E-state index contributed by atoms with van der Waals surface area (Å²) in [5, 5.41) is 11.8. The molecule has 3 aromatic rings. The number of hydrogen-bond donors (Lipinski definition) is 3. The van der Waals surface area contributed by atoms with Gasteiger partial charge in [0.25, 0.3) is 5.91 Å². The average molecular weight is 466 g/mol. The van der Waals surface area contributed by atoms with E-state index >= 15 is 0 Å². The van der Waals surface area contributed by atoms with Gasteiger partial charge in [-0.15, -0.1) is 0 Å². The van der Waals surface area contributed by atoms with Crippen LogP contribution in [0.25, 0.3) is 10.9 Å². The average Bonchev–Trinajstić information content (AvgIpc) is 2.84. The number of carbonyl (C=O) groups excluding carboxylic acids is 2. The van der Waals surface area contributed by atoms with Crippen molar-refractivity contribution in [3.8, 4) is 5.75 Å². The van der Waals surface area contributed by atoms with Gasteiger partial charge in [0, 0.05) is 24.8 Å². The molecular formula is C26H31N3O5. The van der Waals surface area contributed by atoms with Gasteiger partial charge >= 0.3 is 0 Å². The molecule has 0 radical (unpaired) electrons. The van der Waals surface area contributed by atoms with Gasteiger partial charge in [-0.1, -0.05) is 32.4 Å². The zero-order chi connectivity index (χ0) is 24.7. The van der Waals surface area contributed by atoms with E-state index in [4.69, 9.17) is 9.94 Å². The molecule has 1 aromatic heterocycles. The molecule has 0 saturated carbocycles. The Morgan fingerprint density at radius 3 is 2.44 bits per heavy atom. The predicted octanol–water partition coefficient (Wildman–Crippen LogP) is 4.45. The number of amides is 2. The number of rotatable bonds is 10. The molecule has 0 atom stereocenters. The van der Waals surface area contributed by atoms with Crippen LogP contribution in [0.4, 0.5) is 5.69 Å². The molecular weight excluding hydrogens is 434 g/mol. The van der Waals surface area contributed by atoms with E-state index in [0.717, 1.165) is 18.4 Å². The Balaban J connectivity index is 1.87. The largest absolute Gasteiger partial charge is 0.497 e. The molecule has 180 valence electrons. The van der Waals surface area contributed by atoms with E-state index in [9.17, 15) is 14.4 Å². The van der Waals surface area contributed by atoms with Crippen LogP contribution in [0.15, 0.2) is 53.5 Å². The fourth-order valence-corrected chi connectivity index (χ4v) is 3.80. The summed E-state index contributed by atoms with van der Waals surface area (Å²) in [6, 6.07) is 12.8. The van der Waals surface area contributed by atoms with Crippen molar-refractivity contribution in [2.75, 3.05) is 12.4 Å². The number of benzene rings is 2. The molecule has 0 fully saturated rings. The highest BCUT2D eigenvalue weighted by Gasteiger charge is 2.17. The topological polar surface area (TPSA) is 110 Å². The molecule has 3 N–H and O–H groups in total. The number of fused-ring (bicyclic) bond motifs is 1. The van der Waals surface area contributed by atoms with Crippen molar-refractivity contribution in [2.45, 2.75) is 52.0 Å². The zero-order valence-corrected chi connectivity index (χ0v) is 19.8. The third-order valence-electron chi connectivity index (χ3n) is 5.79. The predicted molar refractivity (Wildman–Crippen MR) is 132 cm³/mol. The number of pyridine rings is 1. The minimum absolute atomic E-state index is 0.0494. The molecule has 8 nitrogen and oxygen atoms in total. The Morgan fingerprint density at radius 2 is 1.79 bits per heavy atom. The van der Waals surface area contributed by atoms with E-state index in [0.29, 0.717) is 41.2 Å². The number of aryl methyl sites for hydroxylation is 1. The second-order valence-electron chi connectivity index (χ2n) is 8.52. The summed E-state index contributed by atoms with van der Waals surface area (Å²) in [5.74, 6) is 0.0279. The van der Waals surface area contributed by atoms with Crippen LogP contribution in [0.3, 0.4) is 0 Å². The Kier molecular flexibility index (Phi) is 8.43. The van der Waals surface area contributed by atoms with Gasteiger partial charge in [0.2, 0.25) is 11.3 Å². The zero-order valence-electron chi connectivity index (χ0n) is 19.8. The lowest BCUT2D eigenvalue weighted by molar-refractivity contribution is -0.129. The number of aromatic nitrogens is 1. The molecule has 8 heteroatoms. The summed E-state index contributed by atoms with van der Waals surface area (Å²) in [5.41, 5.74) is 3.80. The van der Waals surface area contributed by atoms with Crippen molar-refractivity contribution < 1.29 is 19.5 Å². The maximum atomic E-state index is 13.2. The quantitative estimate of drug-likeness (QED) is 0.233. The molecule has 1 heterocycles. The van der Waals surface area contributed by atoms with Gasteiger partial charge < -0.3 is 14.6 Å². The molecule has 0 aliphatic heterocycles. The van der Waals surface area contributed by atoms with E-state index in [1.165, 1.54) is 7.11 Å². The van der Waals surface area contributed by atoms with Crippen molar-refractivity contribution in [3.63, 3.8) is 0 Å². The number of hydrogen-bond acceptors (Lipinski definition) is 5. The molecule has 2 amide bonds. The van der Waals surface area contributed by atoms with Gasteiger partial charge in [0.15, 0.2) is 0 Å². The molecule has 0 aliphatic rings. The summed E-state index contributed by atoms with van der Waals surface area (Å²) >= 11 is 0. The van der Waals surface area contributed by atoms with Crippen LogP contribution >= 0.6 is 0 Å². The third kappa shape index (κ3) is 6.02. The first-order valence-electron chi connectivity index (χ1n) is 11.4. The van der Waals surface area contributed by atoms with Gasteiger partial charge in [-0.3, -0.25) is 19.6 Å². The SMILES string of the molecule is COc1ccc2c(c1)c(=O)c(C(=O)Nc1ccc(C(C)C)cc1)cn2CCCCCC(=O)NO. The lowest BCUT2D eigenvalue weighted by Gasteiger charge is -2.15. The van der Waals surface area contributed by atoms with E-state index < -0.39 is 11.8 Å². The smallest absolute Gasteiger partial charge is 0.261 e. The highest BCUT2D eigenvalue weighted by molar-refractivity contribution is 6.05. The number of carbonyl (C=O) groups is 2. The summed E-state index contributed by atoms with van der Waals surface area (Å²) in [6.07, 6.45) is 3.94. The van der Waals surface area contributed by atoms with E-state index in [1.54, 1.807) is 29.9 Å². The monoisotopic (exact) mass is 465 g/mol. The number of anilines is 1. The minimum Gasteiger partial charge on any atom is -0.497 e. The third-order valence-corrected chi connectivity index (χ3v) is 5.79. The van der Waals surface area contributed by atoms with Gasteiger partial charge in [0.05, 0.1) is 18.0 Å². The van der Waals surface area contributed by atoms with Crippen molar-refractivity contribution in [1.82, 2.24) is 10.0 Å². The lowest BCUT2D eigenvalue weighted by atomic mass is 10.0. The fraction of sp³-hybridized carbons (Fsp3) is 0.346. The second kappa shape index (κ2) is 11.5. The van der Waals surface area contributed by atoms with Crippen molar-refractivity contribution in [1.29, 1.82) is 0 Å². The van der Waals surface area contributed by atoms with Crippen LogP contribution in [0.1, 0.15) is 61.4 Å². The van der Waals surface area contributed by atoms with Gasteiger partial charge in [-0.05, 0) is 54.7 Å². The van der Waals surface area contributed by atoms with E-state index in [2.05, 4.69) is 19.2 Å². The fourth-order valence-electron chi connectivity index (χ4n) is 3.80. The van der Waals surface area contributed by atoms with Gasteiger partial charge in [0.1, 0.15) is 11.3 Å². The van der Waals surface area contributed by atoms with Crippen molar-refractivity contribution in [3.05, 3.63) is 70.0 Å². The number of hydroxylamine groups is 1. The number of nitrogens with one attached hydrogen (secondary N) is 2. The van der Waals surface area contributed by atoms with Gasteiger partial charge in [-0.25, -0.2) is 5.48 Å². The van der Waals surface area contributed by atoms with Crippen LogP contribution in [0, 0.1) is 0 Å². The van der Waals surface area contributed by atoms with Crippen LogP contribution in [-0.4, -0.2) is 28.7 Å². The highest BCUT2D eigenvalue weighted by atomic mass is 16.5. The number of methoxy groups -OCH3 is 1. The molecule has 0 saturated heterocycles. The number of ether oxygens (including phenoxy) is 1. The number of unbranched alkanes of at least 4 members (excludes halogenated alkanes) is 2. The summed E-state index contributed by atoms with van der Waals surface area (Å²) in [6.45, 7) is 4.76. The first kappa shape index (κ1) is 25.0. The second-order valence-corrected chi connectivity index (χ2v) is 8.52. The molecule has 0 bridgehead atoms.